The normalized spacial score (nSPS) is 17.5. The van der Waals surface area contributed by atoms with E-state index in [9.17, 15) is 4.79 Å². The van der Waals surface area contributed by atoms with E-state index in [1.54, 1.807) is 6.92 Å². The highest BCUT2D eigenvalue weighted by molar-refractivity contribution is 5.84. The number of esters is 1. The fourth-order valence-electron chi connectivity index (χ4n) is 2.06. The lowest BCUT2D eigenvalue weighted by molar-refractivity contribution is 0.0508. The van der Waals surface area contributed by atoms with Gasteiger partial charge in [0.15, 0.2) is 0 Å². The molecule has 6 nitrogen and oxygen atoms in total. The van der Waals surface area contributed by atoms with Crippen molar-refractivity contribution >= 4 is 5.97 Å². The highest BCUT2D eigenvalue weighted by Crippen LogP contribution is 2.42. The summed E-state index contributed by atoms with van der Waals surface area (Å²) in [6, 6.07) is 0. The van der Waals surface area contributed by atoms with Crippen LogP contribution >= 0.6 is 0 Å². The molecule has 17 heavy (non-hydrogen) atoms. The highest BCUT2D eigenvalue weighted by atomic mass is 16.5. The number of carbonyl (C=O) groups excluding carboxylic acids is 1. The van der Waals surface area contributed by atoms with E-state index in [0.717, 1.165) is 12.8 Å². The zero-order valence-corrected chi connectivity index (χ0v) is 9.94. The summed E-state index contributed by atoms with van der Waals surface area (Å²) >= 11 is 0. The van der Waals surface area contributed by atoms with Crippen LogP contribution in [0.3, 0.4) is 0 Å². The summed E-state index contributed by atoms with van der Waals surface area (Å²) < 4.78 is 9.84. The number of hydrogen-bond donors (Lipinski definition) is 1. The Bertz CT molecular complexity index is 393. The maximum atomic E-state index is 11.3. The molecule has 2 N–H and O–H groups in total. The van der Waals surface area contributed by atoms with Crippen LogP contribution in [0.2, 0.25) is 0 Å². The molecule has 1 aromatic heterocycles. The van der Waals surface area contributed by atoms with Crippen molar-refractivity contribution < 1.29 is 14.1 Å². The second kappa shape index (κ2) is 4.83. The predicted molar refractivity (Wildman–Crippen MR) is 59.3 cm³/mol. The fourth-order valence-corrected chi connectivity index (χ4v) is 2.06. The van der Waals surface area contributed by atoms with Crippen LogP contribution in [0.4, 0.5) is 0 Å². The van der Waals surface area contributed by atoms with E-state index in [2.05, 4.69) is 10.1 Å². The van der Waals surface area contributed by atoms with Crippen molar-refractivity contribution in [3.05, 3.63) is 11.7 Å². The molecule has 1 aliphatic rings. The first-order chi connectivity index (χ1) is 8.19. The van der Waals surface area contributed by atoms with Crippen molar-refractivity contribution in [2.45, 2.75) is 32.6 Å². The van der Waals surface area contributed by atoms with Crippen LogP contribution in [0.5, 0.6) is 0 Å². The van der Waals surface area contributed by atoms with Gasteiger partial charge in [-0.3, -0.25) is 0 Å². The molecule has 0 spiro atoms. The lowest BCUT2D eigenvalue weighted by atomic mass is 9.67. The van der Waals surface area contributed by atoms with E-state index < -0.39 is 5.97 Å². The smallest absolute Gasteiger partial charge is 0.379 e. The lowest BCUT2D eigenvalue weighted by Gasteiger charge is -2.39. The minimum atomic E-state index is -0.544. The summed E-state index contributed by atoms with van der Waals surface area (Å²) in [5.74, 6) is -0.0792. The summed E-state index contributed by atoms with van der Waals surface area (Å²) in [4.78, 5) is 15.4. The second-order valence-corrected chi connectivity index (χ2v) is 4.47. The molecule has 0 unspecified atom stereocenters. The lowest BCUT2D eigenvalue weighted by Crippen LogP contribution is -2.39. The van der Waals surface area contributed by atoms with Crippen LogP contribution in [0.25, 0.3) is 0 Å². The third kappa shape index (κ3) is 2.46. The zero-order chi connectivity index (χ0) is 12.3. The Morgan fingerprint density at radius 2 is 2.35 bits per heavy atom. The maximum Gasteiger partial charge on any atom is 0.379 e. The Morgan fingerprint density at radius 1 is 1.59 bits per heavy atom. The van der Waals surface area contributed by atoms with Gasteiger partial charge in [-0.25, -0.2) is 4.79 Å². The van der Waals surface area contributed by atoms with Gasteiger partial charge < -0.3 is 15.0 Å². The average Bonchev–Trinajstić information content (AvgIpc) is 2.72. The van der Waals surface area contributed by atoms with E-state index in [4.69, 9.17) is 15.0 Å². The van der Waals surface area contributed by atoms with Crippen molar-refractivity contribution in [1.82, 2.24) is 10.1 Å². The first-order valence-corrected chi connectivity index (χ1v) is 5.89. The van der Waals surface area contributed by atoms with Gasteiger partial charge in [-0.2, -0.15) is 4.98 Å². The largest absolute Gasteiger partial charge is 0.460 e. The SMILES string of the molecule is CCOC(=O)c1noc(CC2(CN)CCC2)n1. The van der Waals surface area contributed by atoms with Crippen LogP contribution in [0, 0.1) is 5.41 Å². The Hall–Kier alpha value is -1.43. The summed E-state index contributed by atoms with van der Waals surface area (Å²) in [6.45, 7) is 2.65. The van der Waals surface area contributed by atoms with Gasteiger partial charge in [-0.1, -0.05) is 6.42 Å². The number of hydrogen-bond acceptors (Lipinski definition) is 6. The summed E-state index contributed by atoms with van der Waals surface area (Å²) in [7, 11) is 0. The van der Waals surface area contributed by atoms with Gasteiger partial charge in [0.1, 0.15) is 0 Å². The number of aromatic nitrogens is 2. The topological polar surface area (TPSA) is 91.2 Å². The van der Waals surface area contributed by atoms with Gasteiger partial charge in [0.05, 0.1) is 6.61 Å². The van der Waals surface area contributed by atoms with Crippen LogP contribution in [0.15, 0.2) is 4.52 Å². The monoisotopic (exact) mass is 239 g/mol. The first-order valence-electron chi connectivity index (χ1n) is 5.89. The molecule has 94 valence electrons. The molecule has 1 aliphatic carbocycles. The first kappa shape index (κ1) is 12.0. The second-order valence-electron chi connectivity index (χ2n) is 4.47. The van der Waals surface area contributed by atoms with Gasteiger partial charge in [-0.15, -0.1) is 0 Å². The molecule has 0 atom stereocenters. The summed E-state index contributed by atoms with van der Waals surface area (Å²) in [6.07, 6.45) is 4.01. The molecule has 1 saturated carbocycles. The van der Waals surface area contributed by atoms with E-state index in [0.29, 0.717) is 25.5 Å². The van der Waals surface area contributed by atoms with Gasteiger partial charge in [-0.05, 0) is 36.9 Å². The van der Waals surface area contributed by atoms with Crippen molar-refractivity contribution in [1.29, 1.82) is 0 Å². The van der Waals surface area contributed by atoms with Gasteiger partial charge in [0, 0.05) is 6.42 Å². The van der Waals surface area contributed by atoms with E-state index in [1.807, 2.05) is 0 Å². The molecular weight excluding hydrogens is 222 g/mol. The third-order valence-corrected chi connectivity index (χ3v) is 3.30. The van der Waals surface area contributed by atoms with E-state index in [1.165, 1.54) is 6.42 Å². The Labute approximate surface area is 99.5 Å². The molecule has 0 aromatic carbocycles. The van der Waals surface area contributed by atoms with E-state index >= 15 is 0 Å². The van der Waals surface area contributed by atoms with Crippen LogP contribution in [-0.2, 0) is 11.2 Å². The average molecular weight is 239 g/mol. The van der Waals surface area contributed by atoms with Crippen molar-refractivity contribution in [2.75, 3.05) is 13.2 Å². The molecular formula is C11H17N3O3. The molecule has 1 heterocycles. The molecule has 0 aliphatic heterocycles. The third-order valence-electron chi connectivity index (χ3n) is 3.30. The minimum Gasteiger partial charge on any atom is -0.460 e. The number of ether oxygens (including phenoxy) is 1. The quantitative estimate of drug-likeness (QED) is 0.768. The Balaban J connectivity index is 2.01. The van der Waals surface area contributed by atoms with E-state index in [-0.39, 0.29) is 11.2 Å². The van der Waals surface area contributed by atoms with Crippen LogP contribution in [-0.4, -0.2) is 29.3 Å². The predicted octanol–water partition coefficient (Wildman–Crippen LogP) is 0.918. The number of nitrogens with two attached hydrogens (primary N) is 1. The summed E-state index contributed by atoms with van der Waals surface area (Å²) in [5, 5.41) is 3.61. The molecule has 0 bridgehead atoms. The van der Waals surface area contributed by atoms with Crippen molar-refractivity contribution in [3.8, 4) is 0 Å². The van der Waals surface area contributed by atoms with Gasteiger partial charge in [0.2, 0.25) is 5.89 Å². The Kier molecular flexibility index (Phi) is 3.42. The molecule has 0 amide bonds. The molecule has 6 heteroatoms. The molecule has 2 rings (SSSR count). The number of rotatable bonds is 5. The van der Waals surface area contributed by atoms with Crippen molar-refractivity contribution in [2.24, 2.45) is 11.1 Å². The molecule has 0 radical (unpaired) electrons. The molecule has 1 fully saturated rings. The molecule has 0 saturated heterocycles. The van der Waals surface area contributed by atoms with Gasteiger partial charge in [0.25, 0.3) is 5.82 Å². The standard InChI is InChI=1S/C11H17N3O3/c1-2-16-10(15)9-13-8(17-14-9)6-11(7-12)4-3-5-11/h2-7,12H2,1H3. The van der Waals surface area contributed by atoms with Gasteiger partial charge >= 0.3 is 5.97 Å². The molecule has 1 aromatic rings. The number of nitrogens with zero attached hydrogens (tertiary/aromatic N) is 2. The van der Waals surface area contributed by atoms with Crippen LogP contribution < -0.4 is 5.73 Å². The zero-order valence-electron chi connectivity index (χ0n) is 9.94. The fraction of sp³-hybridized carbons (Fsp3) is 0.727. The van der Waals surface area contributed by atoms with Crippen molar-refractivity contribution in [3.63, 3.8) is 0 Å². The number of carbonyl (C=O) groups is 1. The maximum absolute atomic E-state index is 11.3. The minimum absolute atomic E-state index is 0.00616. The Morgan fingerprint density at radius 3 is 2.88 bits per heavy atom. The van der Waals surface area contributed by atoms with Crippen LogP contribution in [0.1, 0.15) is 42.7 Å². The summed E-state index contributed by atoms with van der Waals surface area (Å²) in [5.41, 5.74) is 5.85. The highest BCUT2D eigenvalue weighted by Gasteiger charge is 2.37.